The predicted octanol–water partition coefficient (Wildman–Crippen LogP) is 2.37. The van der Waals surface area contributed by atoms with Crippen molar-refractivity contribution < 1.29 is 17.6 Å². The highest BCUT2D eigenvalue weighted by Gasteiger charge is 2.27. The fourth-order valence-electron chi connectivity index (χ4n) is 4.01. The number of hydrogen-bond donors (Lipinski definition) is 1. The highest BCUT2D eigenvalue weighted by molar-refractivity contribution is 7.89. The van der Waals surface area contributed by atoms with Crippen molar-refractivity contribution >= 4 is 27.3 Å². The van der Waals surface area contributed by atoms with Gasteiger partial charge >= 0.3 is 0 Å². The van der Waals surface area contributed by atoms with Gasteiger partial charge < -0.3 is 10.2 Å². The third-order valence-electron chi connectivity index (χ3n) is 5.77. The second-order valence-corrected chi connectivity index (χ2v) is 9.86. The Labute approximate surface area is 182 Å². The van der Waals surface area contributed by atoms with Gasteiger partial charge in [-0.2, -0.15) is 4.31 Å². The molecule has 7 nitrogen and oxygen atoms in total. The lowest BCUT2D eigenvalue weighted by atomic mass is 10.2. The van der Waals surface area contributed by atoms with Gasteiger partial charge in [0.2, 0.25) is 15.9 Å². The molecular formula is C22H27FN4O3S. The fourth-order valence-corrected chi connectivity index (χ4v) is 5.52. The Morgan fingerprint density at radius 1 is 0.871 bits per heavy atom. The molecule has 0 atom stereocenters. The van der Waals surface area contributed by atoms with Crippen LogP contribution in [0.25, 0.3) is 0 Å². The molecule has 4 rings (SSSR count). The van der Waals surface area contributed by atoms with Gasteiger partial charge in [-0.3, -0.25) is 9.69 Å². The zero-order valence-corrected chi connectivity index (χ0v) is 18.2. The van der Waals surface area contributed by atoms with Crippen LogP contribution in [-0.2, 0) is 14.8 Å². The molecule has 2 heterocycles. The quantitative estimate of drug-likeness (QED) is 0.738. The molecule has 2 aromatic carbocycles. The summed E-state index contributed by atoms with van der Waals surface area (Å²) in [7, 11) is -3.45. The summed E-state index contributed by atoms with van der Waals surface area (Å²) in [5.74, 6) is -0.383. The first kappa shape index (κ1) is 21.7. The minimum Gasteiger partial charge on any atom is -0.369 e. The summed E-state index contributed by atoms with van der Waals surface area (Å²) in [6, 6.07) is 12.8. The van der Waals surface area contributed by atoms with Crippen LogP contribution in [0.2, 0.25) is 0 Å². The van der Waals surface area contributed by atoms with E-state index < -0.39 is 10.0 Å². The zero-order chi connectivity index (χ0) is 21.8. The maximum Gasteiger partial charge on any atom is 0.243 e. The van der Waals surface area contributed by atoms with E-state index in [2.05, 4.69) is 15.1 Å². The first-order valence-electron chi connectivity index (χ1n) is 10.5. The van der Waals surface area contributed by atoms with Gasteiger partial charge in [-0.15, -0.1) is 0 Å². The Kier molecular flexibility index (Phi) is 6.54. The summed E-state index contributed by atoms with van der Waals surface area (Å²) in [5, 5.41) is 2.84. The van der Waals surface area contributed by atoms with E-state index >= 15 is 0 Å². The summed E-state index contributed by atoms with van der Waals surface area (Å²) < 4.78 is 39.8. The van der Waals surface area contributed by atoms with Crippen LogP contribution in [0.15, 0.2) is 53.4 Å². The Bertz CT molecular complexity index is 998. The van der Waals surface area contributed by atoms with E-state index in [0.717, 1.165) is 44.7 Å². The first-order valence-corrected chi connectivity index (χ1v) is 12.0. The number of rotatable bonds is 6. The lowest BCUT2D eigenvalue weighted by Crippen LogP contribution is -2.48. The van der Waals surface area contributed by atoms with Crippen LogP contribution >= 0.6 is 0 Å². The van der Waals surface area contributed by atoms with Crippen molar-refractivity contribution in [3.05, 3.63) is 54.3 Å². The molecule has 166 valence electrons. The van der Waals surface area contributed by atoms with Gasteiger partial charge in [0, 0.05) is 50.6 Å². The van der Waals surface area contributed by atoms with Crippen LogP contribution in [0, 0.1) is 5.82 Å². The van der Waals surface area contributed by atoms with Gasteiger partial charge in [0.1, 0.15) is 5.82 Å². The topological polar surface area (TPSA) is 73.0 Å². The second-order valence-electron chi connectivity index (χ2n) is 7.92. The molecule has 2 saturated heterocycles. The van der Waals surface area contributed by atoms with Crippen molar-refractivity contribution in [2.24, 2.45) is 0 Å². The van der Waals surface area contributed by atoms with Crippen LogP contribution in [0.4, 0.5) is 15.8 Å². The van der Waals surface area contributed by atoms with E-state index in [1.165, 1.54) is 16.4 Å². The number of benzene rings is 2. The van der Waals surface area contributed by atoms with Crippen LogP contribution in [-0.4, -0.2) is 69.3 Å². The monoisotopic (exact) mass is 446 g/mol. The van der Waals surface area contributed by atoms with Crippen molar-refractivity contribution in [2.75, 3.05) is 56.0 Å². The van der Waals surface area contributed by atoms with E-state index in [-0.39, 0.29) is 23.2 Å². The Morgan fingerprint density at radius 2 is 1.48 bits per heavy atom. The maximum absolute atomic E-state index is 13.1. The smallest absolute Gasteiger partial charge is 0.243 e. The van der Waals surface area contributed by atoms with E-state index in [4.69, 9.17) is 0 Å². The molecule has 0 radical (unpaired) electrons. The van der Waals surface area contributed by atoms with Crippen molar-refractivity contribution in [3.63, 3.8) is 0 Å². The van der Waals surface area contributed by atoms with E-state index in [0.29, 0.717) is 18.8 Å². The van der Waals surface area contributed by atoms with Crippen molar-refractivity contribution in [1.82, 2.24) is 9.21 Å². The molecule has 9 heteroatoms. The number of sulfonamides is 1. The zero-order valence-electron chi connectivity index (χ0n) is 17.3. The Balaban J connectivity index is 1.27. The van der Waals surface area contributed by atoms with Crippen LogP contribution in [0.5, 0.6) is 0 Å². The Morgan fingerprint density at radius 3 is 2.10 bits per heavy atom. The summed E-state index contributed by atoms with van der Waals surface area (Å²) in [6.45, 7) is 4.40. The predicted molar refractivity (Wildman–Crippen MR) is 118 cm³/mol. The van der Waals surface area contributed by atoms with Gasteiger partial charge in [0.05, 0.1) is 11.4 Å². The van der Waals surface area contributed by atoms with Gasteiger partial charge in [-0.1, -0.05) is 0 Å². The van der Waals surface area contributed by atoms with Crippen LogP contribution in [0.3, 0.4) is 0 Å². The number of carbonyl (C=O) groups is 1. The third-order valence-corrected chi connectivity index (χ3v) is 7.69. The molecule has 0 bridgehead atoms. The molecule has 31 heavy (non-hydrogen) atoms. The molecule has 2 aliphatic rings. The average molecular weight is 447 g/mol. The molecule has 1 N–H and O–H groups in total. The largest absolute Gasteiger partial charge is 0.369 e. The van der Waals surface area contributed by atoms with Crippen molar-refractivity contribution in [3.8, 4) is 0 Å². The van der Waals surface area contributed by atoms with E-state index in [9.17, 15) is 17.6 Å². The Hall–Kier alpha value is -2.49. The summed E-state index contributed by atoms with van der Waals surface area (Å²) in [5.41, 5.74) is 1.56. The van der Waals surface area contributed by atoms with Gasteiger partial charge in [0.15, 0.2) is 0 Å². The number of hydrogen-bond acceptors (Lipinski definition) is 5. The second kappa shape index (κ2) is 9.33. The first-order chi connectivity index (χ1) is 14.9. The lowest BCUT2D eigenvalue weighted by Gasteiger charge is -2.35. The number of halogens is 1. The summed E-state index contributed by atoms with van der Waals surface area (Å²) >= 11 is 0. The minimum absolute atomic E-state index is 0.134. The minimum atomic E-state index is -3.45. The van der Waals surface area contributed by atoms with Gasteiger partial charge in [-0.25, -0.2) is 12.8 Å². The molecule has 1 amide bonds. The molecule has 2 aromatic rings. The number of carbonyl (C=O) groups excluding carboxylic acids is 1. The lowest BCUT2D eigenvalue weighted by molar-refractivity contribution is -0.117. The van der Waals surface area contributed by atoms with Gasteiger partial charge in [0.25, 0.3) is 0 Å². The van der Waals surface area contributed by atoms with E-state index in [1.807, 2.05) is 0 Å². The van der Waals surface area contributed by atoms with E-state index in [1.54, 1.807) is 36.4 Å². The van der Waals surface area contributed by atoms with Crippen molar-refractivity contribution in [1.29, 1.82) is 0 Å². The molecular weight excluding hydrogens is 419 g/mol. The molecule has 0 saturated carbocycles. The highest BCUT2D eigenvalue weighted by atomic mass is 32.2. The third kappa shape index (κ3) is 5.23. The number of anilines is 2. The SMILES string of the molecule is O=C(CN1CCN(c2ccc(F)cc2)CC1)Nc1ccc(S(=O)(=O)N2CCCC2)cc1. The molecule has 0 aromatic heterocycles. The summed E-state index contributed by atoms with van der Waals surface area (Å²) in [6.07, 6.45) is 1.79. The number of amides is 1. The standard InChI is InChI=1S/C22H27FN4O3S/c23-18-3-7-20(8-4-18)26-15-13-25(14-16-26)17-22(28)24-19-5-9-21(10-6-19)31(29,30)27-11-1-2-12-27/h3-10H,1-2,11-17H2,(H,24,28). The summed E-state index contributed by atoms with van der Waals surface area (Å²) in [4.78, 5) is 16.9. The maximum atomic E-state index is 13.1. The number of nitrogens with zero attached hydrogens (tertiary/aromatic N) is 3. The molecule has 0 aliphatic carbocycles. The molecule has 0 spiro atoms. The number of piperazine rings is 1. The van der Waals surface area contributed by atoms with Crippen LogP contribution in [0.1, 0.15) is 12.8 Å². The van der Waals surface area contributed by atoms with Crippen molar-refractivity contribution in [2.45, 2.75) is 17.7 Å². The average Bonchev–Trinajstić information content (AvgIpc) is 3.31. The molecule has 2 fully saturated rings. The van der Waals surface area contributed by atoms with Gasteiger partial charge in [-0.05, 0) is 61.4 Å². The highest BCUT2D eigenvalue weighted by Crippen LogP contribution is 2.22. The normalized spacial score (nSPS) is 18.3. The fraction of sp³-hybridized carbons (Fsp3) is 0.409. The number of nitrogens with one attached hydrogen (secondary N) is 1. The van der Waals surface area contributed by atoms with Crippen LogP contribution < -0.4 is 10.2 Å². The molecule has 0 unspecified atom stereocenters. The molecule has 2 aliphatic heterocycles.